The lowest BCUT2D eigenvalue weighted by atomic mass is 10.1. The zero-order valence-electron chi connectivity index (χ0n) is 62.8. The molecule has 0 spiro atoms. The Balaban J connectivity index is 7.52. The molecule has 0 aromatic rings. The smallest absolute Gasteiger partial charge is 0.189 e. The van der Waals surface area contributed by atoms with Crippen molar-refractivity contribution in [2.24, 2.45) is 0 Å². The molecule has 0 rings (SSSR count). The fraction of sp³-hybridized carbons (Fsp3) is 0.955. The van der Waals surface area contributed by atoms with Crippen LogP contribution in [0, 0.1) is 0 Å². The average Bonchev–Trinajstić information content (AvgIpc) is 3.53. The van der Waals surface area contributed by atoms with Gasteiger partial charge in [0.1, 0.15) is 0 Å². The fourth-order valence-corrected chi connectivity index (χ4v) is 25.1. The molecule has 0 aromatic carbocycles. The molecule has 0 radical (unpaired) electrons. The molecule has 0 saturated heterocycles. The minimum atomic E-state index is -1.29. The predicted molar refractivity (Wildman–Crippen MR) is 408 cm³/mol. The van der Waals surface area contributed by atoms with Crippen molar-refractivity contribution in [3.63, 3.8) is 0 Å². The first-order chi connectivity index (χ1) is 40.2. The van der Waals surface area contributed by atoms with Gasteiger partial charge in [-0.25, -0.2) is 28.0 Å². The molecule has 0 fully saturated rings. The Morgan fingerprint density at radius 3 is 1.05 bits per heavy atom. The second kappa shape index (κ2) is 42.8. The largest absolute Gasteiger partial charge is 0.330 e. The van der Waals surface area contributed by atoms with Crippen molar-refractivity contribution in [1.82, 2.24) is 28.0 Å². The molecule has 0 heterocycles. The lowest BCUT2D eigenvalue weighted by Crippen LogP contribution is -2.48. The first kappa shape index (κ1) is 90.0. The molecule has 0 aliphatic carbocycles. The van der Waals surface area contributed by atoms with Crippen molar-refractivity contribution in [1.29, 1.82) is 0 Å². The van der Waals surface area contributed by atoms with Gasteiger partial charge in [-0.15, -0.1) is 0 Å². The number of carbonyl (C=O) groups excluding carboxylic acids is 3. The molecule has 0 amide bonds. The van der Waals surface area contributed by atoms with E-state index in [1.54, 1.807) is 0 Å². The van der Waals surface area contributed by atoms with Crippen LogP contribution in [0.5, 0.6) is 0 Å². The highest BCUT2D eigenvalue weighted by molar-refractivity contribution is 8.16. The van der Waals surface area contributed by atoms with Crippen molar-refractivity contribution >= 4 is 111 Å². The average molecular weight is 1410 g/mol. The van der Waals surface area contributed by atoms with Gasteiger partial charge in [0.2, 0.25) is 0 Å². The van der Waals surface area contributed by atoms with Gasteiger partial charge in [0.15, 0.2) is 40.7 Å². The molecule has 12 nitrogen and oxygen atoms in total. The Bertz CT molecular complexity index is 1940. The van der Waals surface area contributed by atoms with Gasteiger partial charge in [-0.2, -0.15) is 35.3 Å². The first-order valence-corrected chi connectivity index (χ1v) is 43.0. The molecule has 0 bridgehead atoms. The highest BCUT2D eigenvalue weighted by Crippen LogP contribution is 2.57. The Morgan fingerprint density at radius 1 is 0.375 bits per heavy atom. The van der Waals surface area contributed by atoms with Gasteiger partial charge in [-0.1, -0.05) is 56.1 Å². The van der Waals surface area contributed by atoms with Gasteiger partial charge in [-0.05, 0) is 233 Å². The maximum atomic E-state index is 12.7. The zero-order chi connectivity index (χ0) is 68.6. The number of rotatable bonds is 48. The van der Waals surface area contributed by atoms with Crippen LogP contribution in [0.15, 0.2) is 0 Å². The van der Waals surface area contributed by atoms with Crippen molar-refractivity contribution in [3.05, 3.63) is 0 Å². The first-order valence-electron chi connectivity index (χ1n) is 33.7. The van der Waals surface area contributed by atoms with Crippen molar-refractivity contribution < 1.29 is 28.0 Å². The standard InChI is InChI=1S/C67H139N6O6P3S6/c1-34-60(74)84-46-65(28,29)85-42-41-77-80(68(48(4)5)49(6)7)70(52(12)13)56(20)37-39-58(22)72(54(16)17)82(79-63(24,25)44-83-45-66(30,31)87-61(75)35-2)73(55(18)19)59(23)40-38-57(21)71(53(14)15)81(69(50(8)9)51(10)11)78-43-64(26,27)86-47-67(32,33)88-62(76)36-3/h48-59H,34-47H2,1-33H3. The SMILES string of the molecule is CCC(=O)SCC(C)(C)SCCOP(N(C(C)C)C(C)C)N(C(C)C)C(C)CCC(C)N(C(C)C)P(OC(C)(C)CSCC(C)(C)SC(=O)CC)N(C(C)C)C(C)CCC(C)N(C(C)C)P(OCC(C)(C)SCC(C)(C)SC(=O)CC)N(C(C)C)C(C)C. The van der Waals surface area contributed by atoms with Gasteiger partial charge in [0.05, 0.1) is 18.8 Å². The van der Waals surface area contributed by atoms with E-state index in [0.717, 1.165) is 54.4 Å². The van der Waals surface area contributed by atoms with Crippen LogP contribution in [0.3, 0.4) is 0 Å². The maximum Gasteiger partial charge on any atom is 0.189 e. The summed E-state index contributed by atoms with van der Waals surface area (Å²) in [5.74, 6) is 4.21. The molecule has 7 atom stereocenters. The number of carbonyl (C=O) groups is 3. The van der Waals surface area contributed by atoms with E-state index in [-0.39, 0.29) is 82.7 Å². The molecular formula is C67H139N6O6P3S6. The number of hydrogen-bond acceptors (Lipinski definition) is 18. The molecule has 0 aromatic heterocycles. The molecule has 0 N–H and O–H groups in total. The second-order valence-corrected chi connectivity index (χ2v) is 43.7. The van der Waals surface area contributed by atoms with Gasteiger partial charge < -0.3 is 13.6 Å². The van der Waals surface area contributed by atoms with Crippen molar-refractivity contribution in [2.45, 2.75) is 371 Å². The molecule has 21 heteroatoms. The van der Waals surface area contributed by atoms with E-state index in [9.17, 15) is 14.4 Å². The van der Waals surface area contributed by atoms with Gasteiger partial charge in [0, 0.05) is 140 Å². The molecule has 0 aliphatic rings. The normalized spacial score (nSPS) is 16.3. The number of thioether (sulfide) groups is 6. The van der Waals surface area contributed by atoms with E-state index in [4.69, 9.17) is 13.6 Å². The van der Waals surface area contributed by atoms with Crippen LogP contribution in [0.2, 0.25) is 0 Å². The van der Waals surface area contributed by atoms with Gasteiger partial charge >= 0.3 is 0 Å². The predicted octanol–water partition coefficient (Wildman–Crippen LogP) is 21.0. The van der Waals surface area contributed by atoms with E-state index in [2.05, 4.69) is 236 Å². The lowest BCUT2D eigenvalue weighted by molar-refractivity contribution is -0.111. The summed E-state index contributed by atoms with van der Waals surface area (Å²) in [5.41, 5.74) is -0.462. The molecule has 88 heavy (non-hydrogen) atoms. The Kier molecular flexibility index (Phi) is 43.8. The second-order valence-electron chi connectivity index (χ2n) is 29.6. The summed E-state index contributed by atoms with van der Waals surface area (Å²) in [6.07, 6.45) is 5.66. The summed E-state index contributed by atoms with van der Waals surface area (Å²) < 4.78 is 38.0. The topological polar surface area (TPSA) is 98.3 Å². The Morgan fingerprint density at radius 2 is 0.705 bits per heavy atom. The maximum absolute atomic E-state index is 12.7. The van der Waals surface area contributed by atoms with Gasteiger partial charge in [-0.3, -0.25) is 14.4 Å². The zero-order valence-corrected chi connectivity index (χ0v) is 70.3. The van der Waals surface area contributed by atoms with Crippen LogP contribution in [0.1, 0.15) is 273 Å². The summed E-state index contributed by atoms with van der Waals surface area (Å²) in [6.45, 7) is 76.7. The van der Waals surface area contributed by atoms with E-state index in [0.29, 0.717) is 56.6 Å². The summed E-state index contributed by atoms with van der Waals surface area (Å²) in [7, 11) is -3.53. The van der Waals surface area contributed by atoms with Crippen LogP contribution in [0.25, 0.3) is 0 Å². The van der Waals surface area contributed by atoms with E-state index < -0.39 is 31.0 Å². The van der Waals surface area contributed by atoms with Crippen molar-refractivity contribution in [2.75, 3.05) is 42.0 Å². The third kappa shape index (κ3) is 34.0. The summed E-state index contributed by atoms with van der Waals surface area (Å²) in [5, 5.41) is 0.750. The van der Waals surface area contributed by atoms with Crippen LogP contribution >= 0.6 is 95.9 Å². The molecule has 0 aliphatic heterocycles. The highest BCUT2D eigenvalue weighted by atomic mass is 32.2. The molecule has 7 unspecified atom stereocenters. The molecular weight excluding hydrogens is 1270 g/mol. The van der Waals surface area contributed by atoms with Crippen molar-refractivity contribution in [3.8, 4) is 0 Å². The third-order valence-corrected chi connectivity index (χ3v) is 33.2. The Hall–Kier alpha value is 2.04. The van der Waals surface area contributed by atoms with E-state index in [1.807, 2.05) is 56.1 Å². The van der Waals surface area contributed by atoms with Crippen LogP contribution in [-0.4, -0.2) is 182 Å². The number of hydrogen-bond donors (Lipinski definition) is 0. The van der Waals surface area contributed by atoms with Crippen LogP contribution < -0.4 is 0 Å². The number of nitrogens with zero attached hydrogens (tertiary/aromatic N) is 6. The summed E-state index contributed by atoms with van der Waals surface area (Å²) in [4.78, 5) is 37.4. The lowest BCUT2D eigenvalue weighted by Gasteiger charge is -2.50. The van der Waals surface area contributed by atoms with E-state index >= 15 is 0 Å². The van der Waals surface area contributed by atoms with Gasteiger partial charge in [0.25, 0.3) is 0 Å². The quantitative estimate of drug-likeness (QED) is 0.0426. The molecule has 0 saturated carbocycles. The van der Waals surface area contributed by atoms with E-state index in [1.165, 1.54) is 35.3 Å². The Labute approximate surface area is 575 Å². The van der Waals surface area contributed by atoms with Crippen LogP contribution in [0.4, 0.5) is 0 Å². The fourth-order valence-electron chi connectivity index (χ4n) is 10.8. The van der Waals surface area contributed by atoms with Crippen LogP contribution in [-0.2, 0) is 28.0 Å². The monoisotopic (exact) mass is 1410 g/mol. The highest BCUT2D eigenvalue weighted by Gasteiger charge is 2.44. The molecule has 524 valence electrons. The minimum Gasteiger partial charge on any atom is -0.330 e. The third-order valence-electron chi connectivity index (χ3n) is 14.8. The summed E-state index contributed by atoms with van der Waals surface area (Å²) >= 11 is 10.2. The summed E-state index contributed by atoms with van der Waals surface area (Å²) in [6, 6.07) is 3.06. The minimum absolute atomic E-state index is 0.0305.